The maximum Gasteiger partial charge on any atom is 0.186 e. The van der Waals surface area contributed by atoms with Crippen LogP contribution in [0.4, 0.5) is 5.13 Å². The number of aryl methyl sites for hydroxylation is 1. The minimum absolute atomic E-state index is 0.443. The first-order valence-corrected chi connectivity index (χ1v) is 9.28. The summed E-state index contributed by atoms with van der Waals surface area (Å²) in [6.45, 7) is 5.42. The molecule has 2 aliphatic heterocycles. The van der Waals surface area contributed by atoms with Gasteiger partial charge in [-0.1, -0.05) is 18.3 Å². The quantitative estimate of drug-likeness (QED) is 0.928. The molecule has 5 heteroatoms. The third kappa shape index (κ3) is 2.71. The number of nitrogens with one attached hydrogen (secondary N) is 1. The first-order valence-electron chi connectivity index (χ1n) is 8.47. The van der Waals surface area contributed by atoms with Crippen LogP contribution in [0.2, 0.25) is 0 Å². The van der Waals surface area contributed by atoms with Crippen LogP contribution >= 0.6 is 11.3 Å². The van der Waals surface area contributed by atoms with E-state index in [4.69, 9.17) is 9.72 Å². The van der Waals surface area contributed by atoms with Gasteiger partial charge >= 0.3 is 0 Å². The van der Waals surface area contributed by atoms with Crippen LogP contribution in [0.3, 0.4) is 0 Å². The van der Waals surface area contributed by atoms with Crippen LogP contribution in [0.1, 0.15) is 55.6 Å². The fourth-order valence-electron chi connectivity index (χ4n) is 3.83. The Kier molecular flexibility index (Phi) is 3.90. The van der Waals surface area contributed by atoms with E-state index in [0.29, 0.717) is 18.2 Å². The van der Waals surface area contributed by atoms with E-state index in [9.17, 15) is 0 Å². The van der Waals surface area contributed by atoms with Gasteiger partial charge in [-0.3, -0.25) is 0 Å². The number of rotatable bonds is 4. The fraction of sp³-hybridized carbons (Fsp3) is 0.812. The summed E-state index contributed by atoms with van der Waals surface area (Å²) in [6, 6.07) is 0.540. The highest BCUT2D eigenvalue weighted by Crippen LogP contribution is 2.39. The maximum absolute atomic E-state index is 5.95. The number of hydrogen-bond acceptors (Lipinski definition) is 5. The number of thiazole rings is 1. The molecule has 3 unspecified atom stereocenters. The van der Waals surface area contributed by atoms with Crippen LogP contribution in [-0.4, -0.2) is 36.8 Å². The topological polar surface area (TPSA) is 37.4 Å². The van der Waals surface area contributed by atoms with Crippen LogP contribution in [0.25, 0.3) is 0 Å². The molecule has 1 aromatic heterocycles. The first-order chi connectivity index (χ1) is 10.3. The van der Waals surface area contributed by atoms with Gasteiger partial charge in [0.2, 0.25) is 0 Å². The molecule has 0 saturated carbocycles. The Bertz CT molecular complexity index is 492. The van der Waals surface area contributed by atoms with Crippen molar-refractivity contribution in [1.82, 2.24) is 10.3 Å². The van der Waals surface area contributed by atoms with Gasteiger partial charge in [-0.2, -0.15) is 0 Å². The normalized spacial score (nSPS) is 31.5. The van der Waals surface area contributed by atoms with Crippen LogP contribution in [0.5, 0.6) is 0 Å². The number of anilines is 1. The van der Waals surface area contributed by atoms with Crippen molar-refractivity contribution in [2.75, 3.05) is 24.5 Å². The van der Waals surface area contributed by atoms with Crippen molar-refractivity contribution in [2.24, 2.45) is 0 Å². The highest BCUT2D eigenvalue weighted by molar-refractivity contribution is 7.15. The number of ether oxygens (including phenoxy) is 1. The summed E-state index contributed by atoms with van der Waals surface area (Å²) in [7, 11) is 0. The van der Waals surface area contributed by atoms with E-state index in [-0.39, 0.29) is 0 Å². The molecule has 4 rings (SSSR count). The molecule has 0 spiro atoms. The van der Waals surface area contributed by atoms with E-state index >= 15 is 0 Å². The SMILES string of the molecule is CCCNC1CCCc2nc(N3CC4CCC(C3)O4)sc21. The van der Waals surface area contributed by atoms with Crippen molar-refractivity contribution < 1.29 is 4.74 Å². The summed E-state index contributed by atoms with van der Waals surface area (Å²) in [5.41, 5.74) is 1.36. The molecule has 0 amide bonds. The largest absolute Gasteiger partial charge is 0.371 e. The number of fused-ring (bicyclic) bond motifs is 3. The van der Waals surface area contributed by atoms with Crippen molar-refractivity contribution in [3.8, 4) is 0 Å². The summed E-state index contributed by atoms with van der Waals surface area (Å²) >= 11 is 1.93. The van der Waals surface area contributed by atoms with Gasteiger partial charge in [0.25, 0.3) is 0 Å². The zero-order valence-electron chi connectivity index (χ0n) is 12.8. The zero-order chi connectivity index (χ0) is 14.2. The van der Waals surface area contributed by atoms with Gasteiger partial charge in [0.15, 0.2) is 5.13 Å². The monoisotopic (exact) mass is 307 g/mol. The van der Waals surface area contributed by atoms with E-state index in [1.165, 1.54) is 47.8 Å². The van der Waals surface area contributed by atoms with Gasteiger partial charge in [0.05, 0.1) is 17.9 Å². The van der Waals surface area contributed by atoms with E-state index in [1.54, 1.807) is 0 Å². The molecule has 1 aromatic rings. The summed E-state index contributed by atoms with van der Waals surface area (Å²) in [4.78, 5) is 8.96. The lowest BCUT2D eigenvalue weighted by Gasteiger charge is -2.31. The molecule has 116 valence electrons. The number of nitrogens with zero attached hydrogens (tertiary/aromatic N) is 2. The molecule has 21 heavy (non-hydrogen) atoms. The van der Waals surface area contributed by atoms with Crippen molar-refractivity contribution >= 4 is 16.5 Å². The molecule has 0 radical (unpaired) electrons. The van der Waals surface area contributed by atoms with Gasteiger partial charge < -0.3 is 15.0 Å². The van der Waals surface area contributed by atoms with Crippen LogP contribution in [0, 0.1) is 0 Å². The predicted molar refractivity (Wildman–Crippen MR) is 86.2 cm³/mol. The summed E-state index contributed by atoms with van der Waals surface area (Å²) in [6.07, 6.45) is 8.24. The van der Waals surface area contributed by atoms with E-state index in [1.807, 2.05) is 11.3 Å². The van der Waals surface area contributed by atoms with Crippen LogP contribution in [-0.2, 0) is 11.2 Å². The average molecular weight is 307 g/mol. The summed E-state index contributed by atoms with van der Waals surface area (Å²) in [5.74, 6) is 0. The molecule has 2 bridgehead atoms. The Morgan fingerprint density at radius 3 is 2.86 bits per heavy atom. The number of hydrogen-bond donors (Lipinski definition) is 1. The molecule has 3 heterocycles. The standard InChI is InChI=1S/C16H25N3OS/c1-2-8-17-13-4-3-5-14-15(13)21-16(18-14)19-9-11-6-7-12(10-19)20-11/h11-13,17H,2-10H2,1H3. The Morgan fingerprint density at radius 1 is 1.29 bits per heavy atom. The molecule has 2 fully saturated rings. The van der Waals surface area contributed by atoms with Crippen LogP contribution < -0.4 is 10.2 Å². The second-order valence-electron chi connectivity index (χ2n) is 6.57. The molecular formula is C16H25N3OS. The summed E-state index contributed by atoms with van der Waals surface area (Å²) < 4.78 is 5.95. The van der Waals surface area contributed by atoms with Gasteiger partial charge in [-0.15, -0.1) is 0 Å². The van der Waals surface area contributed by atoms with Gasteiger partial charge in [-0.05, 0) is 45.1 Å². The van der Waals surface area contributed by atoms with Gasteiger partial charge in [-0.25, -0.2) is 4.98 Å². The average Bonchev–Trinajstić information content (AvgIpc) is 3.08. The lowest BCUT2D eigenvalue weighted by Crippen LogP contribution is -2.42. The fourth-order valence-corrected chi connectivity index (χ4v) is 5.07. The second kappa shape index (κ2) is 5.86. The number of aromatic nitrogens is 1. The van der Waals surface area contributed by atoms with E-state index in [0.717, 1.165) is 26.1 Å². The maximum atomic E-state index is 5.95. The van der Waals surface area contributed by atoms with Crippen molar-refractivity contribution in [3.63, 3.8) is 0 Å². The lowest BCUT2D eigenvalue weighted by molar-refractivity contribution is 0.0305. The molecule has 1 aliphatic carbocycles. The lowest BCUT2D eigenvalue weighted by atomic mass is 9.98. The molecule has 1 N–H and O–H groups in total. The Morgan fingerprint density at radius 2 is 2.10 bits per heavy atom. The zero-order valence-corrected chi connectivity index (χ0v) is 13.6. The highest BCUT2D eigenvalue weighted by atomic mass is 32.1. The molecular weight excluding hydrogens is 282 g/mol. The predicted octanol–water partition coefficient (Wildman–Crippen LogP) is 2.89. The number of morpholine rings is 1. The third-order valence-corrected chi connectivity index (χ3v) is 6.17. The first kappa shape index (κ1) is 14.0. The molecule has 3 aliphatic rings. The van der Waals surface area contributed by atoms with E-state index < -0.39 is 0 Å². The minimum atomic E-state index is 0.443. The molecule has 2 saturated heterocycles. The Labute approximate surface area is 130 Å². The Balaban J connectivity index is 1.53. The Hall–Kier alpha value is -0.650. The van der Waals surface area contributed by atoms with Crippen molar-refractivity contribution in [3.05, 3.63) is 10.6 Å². The second-order valence-corrected chi connectivity index (χ2v) is 7.58. The van der Waals surface area contributed by atoms with Gasteiger partial charge in [0, 0.05) is 24.0 Å². The molecule has 0 aromatic carbocycles. The van der Waals surface area contributed by atoms with Crippen molar-refractivity contribution in [1.29, 1.82) is 0 Å². The third-order valence-electron chi connectivity index (χ3n) is 4.89. The minimum Gasteiger partial charge on any atom is -0.371 e. The molecule has 3 atom stereocenters. The van der Waals surface area contributed by atoms with Crippen molar-refractivity contribution in [2.45, 2.75) is 63.7 Å². The van der Waals surface area contributed by atoms with Gasteiger partial charge in [0.1, 0.15) is 0 Å². The summed E-state index contributed by atoms with van der Waals surface area (Å²) in [5, 5.41) is 4.94. The van der Waals surface area contributed by atoms with Crippen LogP contribution in [0.15, 0.2) is 0 Å². The molecule has 4 nitrogen and oxygen atoms in total. The smallest absolute Gasteiger partial charge is 0.186 e. The van der Waals surface area contributed by atoms with E-state index in [2.05, 4.69) is 17.1 Å². The highest BCUT2D eigenvalue weighted by Gasteiger charge is 2.35.